The summed E-state index contributed by atoms with van der Waals surface area (Å²) < 4.78 is 24.2. The van der Waals surface area contributed by atoms with Crippen LogP contribution in [0.2, 0.25) is 0 Å². The van der Waals surface area contributed by atoms with Crippen molar-refractivity contribution in [2.75, 3.05) is 30.0 Å². The fourth-order valence-corrected chi connectivity index (χ4v) is 5.48. The lowest BCUT2D eigenvalue weighted by molar-refractivity contribution is 0.0992. The van der Waals surface area contributed by atoms with Crippen molar-refractivity contribution in [3.8, 4) is 0 Å². The summed E-state index contributed by atoms with van der Waals surface area (Å²) in [7, 11) is -3.46. The molecule has 0 aromatic carbocycles. The Labute approximate surface area is 130 Å². The molecule has 0 saturated carbocycles. The molecule has 0 amide bonds. The average Bonchev–Trinajstić information content (AvgIpc) is 2.75. The Hall–Kier alpha value is -1.08. The van der Waals surface area contributed by atoms with E-state index in [1.54, 1.807) is 6.92 Å². The predicted molar refractivity (Wildman–Crippen MR) is 87.1 cm³/mol. The first kappa shape index (κ1) is 16.3. The molecular formula is C14H22N2O3S2. The molecule has 2 rings (SSSR count). The monoisotopic (exact) mass is 330 g/mol. The molecule has 1 aromatic heterocycles. The molecule has 0 bridgehead atoms. The van der Waals surface area contributed by atoms with E-state index in [9.17, 15) is 13.2 Å². The number of hydrogen-bond acceptors (Lipinski definition) is 6. The molecule has 0 radical (unpaired) electrons. The first-order valence-corrected chi connectivity index (χ1v) is 9.87. The number of carbonyl (C=O) groups excluding carboxylic acids is 1. The quantitative estimate of drug-likeness (QED) is 0.858. The predicted octanol–water partition coefficient (Wildman–Crippen LogP) is 2.56. The number of carbonyl (C=O) groups is 1. The molecule has 1 saturated heterocycles. The number of anilines is 2. The van der Waals surface area contributed by atoms with Crippen LogP contribution in [-0.2, 0) is 9.84 Å². The third-order valence-electron chi connectivity index (χ3n) is 3.77. The summed E-state index contributed by atoms with van der Waals surface area (Å²) in [6.07, 6.45) is 3.65. The van der Waals surface area contributed by atoms with E-state index in [1.807, 2.05) is 0 Å². The Balaban J connectivity index is 2.56. The average molecular weight is 330 g/mol. The largest absolute Gasteiger partial charge is 0.396 e. The van der Waals surface area contributed by atoms with Gasteiger partial charge in [-0.2, -0.15) is 0 Å². The van der Waals surface area contributed by atoms with Crippen molar-refractivity contribution in [2.24, 2.45) is 5.92 Å². The van der Waals surface area contributed by atoms with Gasteiger partial charge in [0.2, 0.25) is 0 Å². The van der Waals surface area contributed by atoms with Gasteiger partial charge in [-0.1, -0.05) is 13.8 Å². The van der Waals surface area contributed by atoms with E-state index in [2.05, 4.69) is 11.8 Å². The maximum absolute atomic E-state index is 12.1. The van der Waals surface area contributed by atoms with Gasteiger partial charge in [0.15, 0.2) is 15.6 Å². The zero-order valence-electron chi connectivity index (χ0n) is 12.7. The number of ketones is 1. The van der Waals surface area contributed by atoms with Crippen molar-refractivity contribution >= 4 is 37.6 Å². The molecule has 1 aromatic rings. The SMILES string of the molecule is CCC(=O)c1sc(N2CCCC(C)C2)c(S(C)(=O)=O)c1N. The summed E-state index contributed by atoms with van der Waals surface area (Å²) in [5, 5.41) is 0.637. The van der Waals surface area contributed by atoms with Crippen LogP contribution < -0.4 is 10.6 Å². The van der Waals surface area contributed by atoms with E-state index in [0.717, 1.165) is 32.2 Å². The zero-order valence-corrected chi connectivity index (χ0v) is 14.3. The molecule has 7 heteroatoms. The lowest BCUT2D eigenvalue weighted by atomic mass is 10.0. The first-order chi connectivity index (χ1) is 9.75. The number of nitrogens with two attached hydrogens (primary N) is 1. The fraction of sp³-hybridized carbons (Fsp3) is 0.643. The molecule has 0 spiro atoms. The van der Waals surface area contributed by atoms with Gasteiger partial charge in [0.1, 0.15) is 9.90 Å². The van der Waals surface area contributed by atoms with Gasteiger partial charge in [-0.3, -0.25) is 4.79 Å². The van der Waals surface area contributed by atoms with Gasteiger partial charge >= 0.3 is 0 Å². The number of hydrogen-bond donors (Lipinski definition) is 1. The minimum absolute atomic E-state index is 0.0984. The molecule has 1 unspecified atom stereocenters. The van der Waals surface area contributed by atoms with Gasteiger partial charge < -0.3 is 10.6 Å². The van der Waals surface area contributed by atoms with Crippen LogP contribution in [0.4, 0.5) is 10.7 Å². The maximum Gasteiger partial charge on any atom is 0.180 e. The van der Waals surface area contributed by atoms with Crippen molar-refractivity contribution in [3.05, 3.63) is 4.88 Å². The van der Waals surface area contributed by atoms with E-state index in [1.165, 1.54) is 11.3 Å². The van der Waals surface area contributed by atoms with E-state index in [0.29, 0.717) is 22.2 Å². The topological polar surface area (TPSA) is 80.5 Å². The van der Waals surface area contributed by atoms with Crippen LogP contribution in [0.25, 0.3) is 0 Å². The number of rotatable bonds is 4. The molecule has 1 aliphatic heterocycles. The van der Waals surface area contributed by atoms with Gasteiger partial charge in [-0.05, 0) is 18.8 Å². The number of thiophene rings is 1. The molecule has 0 aliphatic carbocycles. The number of piperidine rings is 1. The second kappa shape index (κ2) is 5.96. The summed E-state index contributed by atoms with van der Waals surface area (Å²) in [6.45, 7) is 5.53. The molecule has 2 N–H and O–H groups in total. The van der Waals surface area contributed by atoms with Crippen molar-refractivity contribution in [1.82, 2.24) is 0 Å². The van der Waals surface area contributed by atoms with Gasteiger partial charge in [-0.15, -0.1) is 11.3 Å². The van der Waals surface area contributed by atoms with Crippen molar-refractivity contribution in [3.63, 3.8) is 0 Å². The van der Waals surface area contributed by atoms with Gasteiger partial charge in [0, 0.05) is 25.8 Å². The molecular weight excluding hydrogens is 308 g/mol. The molecule has 5 nitrogen and oxygen atoms in total. The van der Waals surface area contributed by atoms with Crippen LogP contribution in [0.3, 0.4) is 0 Å². The molecule has 118 valence electrons. The maximum atomic E-state index is 12.1. The van der Waals surface area contributed by atoms with Crippen LogP contribution in [0.5, 0.6) is 0 Å². The molecule has 1 atom stereocenters. The van der Waals surface area contributed by atoms with E-state index in [-0.39, 0.29) is 16.4 Å². The zero-order chi connectivity index (χ0) is 15.8. The molecule has 1 aliphatic rings. The van der Waals surface area contributed by atoms with Crippen LogP contribution >= 0.6 is 11.3 Å². The Morgan fingerprint density at radius 3 is 2.67 bits per heavy atom. The van der Waals surface area contributed by atoms with Crippen molar-refractivity contribution in [1.29, 1.82) is 0 Å². The summed E-state index contributed by atoms with van der Waals surface area (Å²) >= 11 is 1.23. The number of Topliss-reactive ketones (excluding diaryl/α,β-unsaturated/α-hetero) is 1. The van der Waals surface area contributed by atoms with Gasteiger partial charge in [0.05, 0.1) is 10.6 Å². The molecule has 21 heavy (non-hydrogen) atoms. The minimum Gasteiger partial charge on any atom is -0.396 e. The summed E-state index contributed by atoms with van der Waals surface area (Å²) in [6, 6.07) is 0. The van der Waals surface area contributed by atoms with Crippen LogP contribution in [0, 0.1) is 5.92 Å². The van der Waals surface area contributed by atoms with Crippen molar-refractivity contribution in [2.45, 2.75) is 38.0 Å². The third kappa shape index (κ3) is 3.23. The summed E-state index contributed by atoms with van der Waals surface area (Å²) in [5.41, 5.74) is 6.12. The second-order valence-corrected chi connectivity index (χ2v) is 8.67. The fourth-order valence-electron chi connectivity index (χ4n) is 2.72. The van der Waals surface area contributed by atoms with Gasteiger partial charge in [0.25, 0.3) is 0 Å². The van der Waals surface area contributed by atoms with Gasteiger partial charge in [-0.25, -0.2) is 8.42 Å². The number of nitrogens with zero attached hydrogens (tertiary/aromatic N) is 1. The molecule has 2 heterocycles. The van der Waals surface area contributed by atoms with E-state index >= 15 is 0 Å². The first-order valence-electron chi connectivity index (χ1n) is 7.16. The highest BCUT2D eigenvalue weighted by atomic mass is 32.2. The summed E-state index contributed by atoms with van der Waals surface area (Å²) in [4.78, 5) is 14.6. The Kier molecular flexibility index (Phi) is 4.63. The Morgan fingerprint density at radius 1 is 1.48 bits per heavy atom. The van der Waals surface area contributed by atoms with E-state index in [4.69, 9.17) is 5.73 Å². The Morgan fingerprint density at radius 2 is 2.14 bits per heavy atom. The van der Waals surface area contributed by atoms with Crippen LogP contribution in [0.1, 0.15) is 42.8 Å². The lowest BCUT2D eigenvalue weighted by Gasteiger charge is -2.32. The molecule has 1 fully saturated rings. The van der Waals surface area contributed by atoms with Crippen LogP contribution in [0.15, 0.2) is 4.90 Å². The smallest absolute Gasteiger partial charge is 0.180 e. The highest BCUT2D eigenvalue weighted by Gasteiger charge is 2.30. The minimum atomic E-state index is -3.46. The summed E-state index contributed by atoms with van der Waals surface area (Å²) in [5.74, 6) is 0.415. The number of sulfone groups is 1. The van der Waals surface area contributed by atoms with Crippen molar-refractivity contribution < 1.29 is 13.2 Å². The standard InChI is InChI=1S/C14H22N2O3S2/c1-4-10(17)12-11(15)13(21(3,18)19)14(20-12)16-7-5-6-9(2)8-16/h9H,4-8,15H2,1-3H3. The lowest BCUT2D eigenvalue weighted by Crippen LogP contribution is -2.34. The van der Waals surface area contributed by atoms with Crippen LogP contribution in [-0.4, -0.2) is 33.5 Å². The highest BCUT2D eigenvalue weighted by molar-refractivity contribution is 7.91. The van der Waals surface area contributed by atoms with E-state index < -0.39 is 9.84 Å². The third-order valence-corrected chi connectivity index (χ3v) is 6.36. The Bertz CT molecular complexity index is 649. The second-order valence-electron chi connectivity index (χ2n) is 5.72. The number of nitrogen functional groups attached to an aromatic ring is 1. The highest BCUT2D eigenvalue weighted by Crippen LogP contribution is 2.43. The normalized spacial score (nSPS) is 19.8.